The summed E-state index contributed by atoms with van der Waals surface area (Å²) < 4.78 is 7.95. The lowest BCUT2D eigenvalue weighted by Crippen LogP contribution is -2.15. The van der Waals surface area contributed by atoms with Crippen molar-refractivity contribution in [2.24, 2.45) is 5.73 Å². The highest BCUT2D eigenvalue weighted by atomic mass is 32.2. The Morgan fingerprint density at radius 3 is 2.78 bits per heavy atom. The van der Waals surface area contributed by atoms with Crippen molar-refractivity contribution in [2.45, 2.75) is 63.6 Å². The monoisotopic (exact) mass is 388 g/mol. The Morgan fingerprint density at radius 2 is 2.15 bits per heavy atom. The highest BCUT2D eigenvalue weighted by Crippen LogP contribution is 2.40. The van der Waals surface area contributed by atoms with E-state index >= 15 is 0 Å². The molecule has 0 aliphatic heterocycles. The summed E-state index contributed by atoms with van der Waals surface area (Å²) in [6.07, 6.45) is 2.60. The first-order chi connectivity index (χ1) is 13.0. The van der Waals surface area contributed by atoms with E-state index in [0.717, 1.165) is 35.3 Å². The number of ether oxygens (including phenoxy) is 1. The van der Waals surface area contributed by atoms with Crippen LogP contribution < -0.4 is 10.5 Å². The number of hydrogen-bond acceptors (Lipinski definition) is 5. The Morgan fingerprint density at radius 1 is 1.37 bits per heavy atom. The van der Waals surface area contributed by atoms with Gasteiger partial charge in [-0.1, -0.05) is 31.7 Å². The number of rotatable bonds is 10. The van der Waals surface area contributed by atoms with Crippen LogP contribution in [0.5, 0.6) is 5.75 Å². The SMILES string of the molecule is Cc1cc(OCCSc2nnc(C3CC3)n2CCC(N)=O)ccc1C(C)C. The second-order valence-corrected chi connectivity index (χ2v) is 8.42. The van der Waals surface area contributed by atoms with Gasteiger partial charge in [0.1, 0.15) is 11.6 Å². The number of carbonyl (C=O) groups excluding carboxylic acids is 1. The van der Waals surface area contributed by atoms with E-state index in [4.69, 9.17) is 10.5 Å². The molecule has 0 bridgehead atoms. The van der Waals surface area contributed by atoms with E-state index in [1.165, 1.54) is 11.1 Å². The fourth-order valence-corrected chi connectivity index (χ4v) is 3.95. The fraction of sp³-hybridized carbons (Fsp3) is 0.550. The first-order valence-electron chi connectivity index (χ1n) is 9.53. The summed E-state index contributed by atoms with van der Waals surface area (Å²) in [7, 11) is 0. The molecule has 7 heteroatoms. The van der Waals surface area contributed by atoms with E-state index in [9.17, 15) is 4.79 Å². The van der Waals surface area contributed by atoms with Gasteiger partial charge in [0, 0.05) is 24.6 Å². The average Bonchev–Trinajstić information content (AvgIpc) is 3.37. The van der Waals surface area contributed by atoms with E-state index in [0.29, 0.717) is 31.4 Å². The zero-order valence-corrected chi connectivity index (χ0v) is 17.1. The second-order valence-electron chi connectivity index (χ2n) is 7.35. The maximum Gasteiger partial charge on any atom is 0.219 e. The molecule has 1 heterocycles. The largest absolute Gasteiger partial charge is 0.493 e. The molecule has 6 nitrogen and oxygen atoms in total. The van der Waals surface area contributed by atoms with E-state index in [-0.39, 0.29) is 5.91 Å². The Labute approximate surface area is 164 Å². The Hall–Kier alpha value is -2.02. The minimum atomic E-state index is -0.301. The normalized spacial score (nSPS) is 13.9. The Balaban J connectivity index is 1.54. The lowest BCUT2D eigenvalue weighted by molar-refractivity contribution is -0.118. The standard InChI is InChI=1S/C20H28N4O2S/c1-13(2)17-7-6-16(12-14(17)3)26-10-11-27-20-23-22-19(15-4-5-15)24(20)9-8-18(21)25/h6-7,12-13,15H,4-5,8-11H2,1-3H3,(H2,21,25). The smallest absolute Gasteiger partial charge is 0.219 e. The maximum atomic E-state index is 11.2. The number of aromatic nitrogens is 3. The molecule has 3 rings (SSSR count). The van der Waals surface area contributed by atoms with E-state index in [1.54, 1.807) is 11.8 Å². The summed E-state index contributed by atoms with van der Waals surface area (Å²) in [4.78, 5) is 11.2. The topological polar surface area (TPSA) is 83.0 Å². The number of carbonyl (C=O) groups is 1. The molecule has 1 saturated carbocycles. The third-order valence-electron chi connectivity index (χ3n) is 4.72. The van der Waals surface area contributed by atoms with E-state index < -0.39 is 0 Å². The minimum absolute atomic E-state index is 0.301. The molecule has 1 aromatic heterocycles. The van der Waals surface area contributed by atoms with Gasteiger partial charge in [-0.05, 0) is 48.9 Å². The molecular weight excluding hydrogens is 360 g/mol. The van der Waals surface area contributed by atoms with Crippen molar-refractivity contribution in [1.29, 1.82) is 0 Å². The Bertz CT molecular complexity index is 799. The number of nitrogens with two attached hydrogens (primary N) is 1. The summed E-state index contributed by atoms with van der Waals surface area (Å²) in [5.74, 6) is 3.35. The van der Waals surface area contributed by atoms with Crippen molar-refractivity contribution in [3.8, 4) is 5.75 Å². The van der Waals surface area contributed by atoms with Gasteiger partial charge in [0.25, 0.3) is 0 Å². The molecule has 1 aliphatic carbocycles. The number of nitrogens with zero attached hydrogens (tertiary/aromatic N) is 3. The van der Waals surface area contributed by atoms with Crippen LogP contribution in [0, 0.1) is 6.92 Å². The van der Waals surface area contributed by atoms with Crippen molar-refractivity contribution in [3.05, 3.63) is 35.2 Å². The molecule has 146 valence electrons. The van der Waals surface area contributed by atoms with Crippen LogP contribution in [-0.2, 0) is 11.3 Å². The summed E-state index contributed by atoms with van der Waals surface area (Å²) in [5.41, 5.74) is 7.92. The number of primary amides is 1. The first-order valence-corrected chi connectivity index (χ1v) is 10.5. The number of amides is 1. The summed E-state index contributed by atoms with van der Waals surface area (Å²) in [5, 5.41) is 9.48. The number of aryl methyl sites for hydroxylation is 1. The average molecular weight is 389 g/mol. The van der Waals surface area contributed by atoms with Gasteiger partial charge < -0.3 is 15.0 Å². The molecule has 1 amide bonds. The fourth-order valence-electron chi connectivity index (χ4n) is 3.16. The van der Waals surface area contributed by atoms with Crippen LogP contribution in [-0.4, -0.2) is 33.0 Å². The van der Waals surface area contributed by atoms with Crippen LogP contribution in [0.15, 0.2) is 23.4 Å². The zero-order chi connectivity index (χ0) is 19.4. The zero-order valence-electron chi connectivity index (χ0n) is 16.3. The van der Waals surface area contributed by atoms with Crippen LogP contribution in [0.2, 0.25) is 0 Å². The molecule has 0 unspecified atom stereocenters. The van der Waals surface area contributed by atoms with Gasteiger partial charge in [-0.3, -0.25) is 4.79 Å². The van der Waals surface area contributed by atoms with Crippen LogP contribution >= 0.6 is 11.8 Å². The lowest BCUT2D eigenvalue weighted by Gasteiger charge is -2.12. The van der Waals surface area contributed by atoms with Crippen molar-refractivity contribution in [1.82, 2.24) is 14.8 Å². The second kappa shape index (κ2) is 8.78. The predicted octanol–water partition coefficient (Wildman–Crippen LogP) is 3.63. The van der Waals surface area contributed by atoms with Crippen LogP contribution in [0.1, 0.15) is 61.9 Å². The van der Waals surface area contributed by atoms with Crippen LogP contribution in [0.25, 0.3) is 0 Å². The van der Waals surface area contributed by atoms with Gasteiger partial charge in [0.05, 0.1) is 6.61 Å². The maximum absolute atomic E-state index is 11.2. The summed E-state index contributed by atoms with van der Waals surface area (Å²) in [6, 6.07) is 6.28. The Kier molecular flexibility index (Phi) is 6.42. The quantitative estimate of drug-likeness (QED) is 0.496. The van der Waals surface area contributed by atoms with E-state index in [2.05, 4.69) is 47.7 Å². The molecular formula is C20H28N4O2S. The lowest BCUT2D eigenvalue weighted by atomic mass is 9.98. The third-order valence-corrected chi connectivity index (χ3v) is 5.65. The molecule has 0 spiro atoms. The molecule has 0 radical (unpaired) electrons. The summed E-state index contributed by atoms with van der Waals surface area (Å²) in [6.45, 7) is 7.66. The van der Waals surface area contributed by atoms with Crippen molar-refractivity contribution in [2.75, 3.05) is 12.4 Å². The number of benzene rings is 1. The highest BCUT2D eigenvalue weighted by molar-refractivity contribution is 7.99. The van der Waals surface area contributed by atoms with E-state index in [1.807, 2.05) is 6.07 Å². The van der Waals surface area contributed by atoms with Crippen molar-refractivity contribution in [3.63, 3.8) is 0 Å². The molecule has 2 aromatic rings. The molecule has 1 fully saturated rings. The molecule has 0 saturated heterocycles. The van der Waals surface area contributed by atoms with Gasteiger partial charge in [-0.15, -0.1) is 10.2 Å². The molecule has 0 atom stereocenters. The number of hydrogen-bond donors (Lipinski definition) is 1. The molecule has 1 aliphatic rings. The number of thioether (sulfide) groups is 1. The van der Waals surface area contributed by atoms with Crippen LogP contribution in [0.3, 0.4) is 0 Å². The van der Waals surface area contributed by atoms with Crippen molar-refractivity contribution < 1.29 is 9.53 Å². The van der Waals surface area contributed by atoms with Gasteiger partial charge in [0.2, 0.25) is 5.91 Å². The van der Waals surface area contributed by atoms with Crippen molar-refractivity contribution >= 4 is 17.7 Å². The molecule has 1 aromatic carbocycles. The van der Waals surface area contributed by atoms with Gasteiger partial charge in [0.15, 0.2) is 5.16 Å². The minimum Gasteiger partial charge on any atom is -0.493 e. The van der Waals surface area contributed by atoms with Gasteiger partial charge >= 0.3 is 0 Å². The molecule has 2 N–H and O–H groups in total. The first kappa shape index (κ1) is 19.7. The third kappa shape index (κ3) is 5.25. The van der Waals surface area contributed by atoms with Crippen LogP contribution in [0.4, 0.5) is 0 Å². The predicted molar refractivity (Wildman–Crippen MR) is 107 cm³/mol. The van der Waals surface area contributed by atoms with Gasteiger partial charge in [-0.25, -0.2) is 0 Å². The summed E-state index contributed by atoms with van der Waals surface area (Å²) >= 11 is 1.61. The molecule has 27 heavy (non-hydrogen) atoms. The van der Waals surface area contributed by atoms with Gasteiger partial charge in [-0.2, -0.15) is 0 Å². The highest BCUT2D eigenvalue weighted by Gasteiger charge is 2.30.